The molecular formula is C5H12BCl2O11P3S. The van der Waals surface area contributed by atoms with E-state index in [4.69, 9.17) is 42.6 Å². The molecule has 136 valence electrons. The van der Waals surface area contributed by atoms with E-state index in [0.717, 1.165) is 0 Å². The molecule has 1 heterocycles. The summed E-state index contributed by atoms with van der Waals surface area (Å²) in [5.41, 5.74) is 0. The Morgan fingerprint density at radius 2 is 1.74 bits per heavy atom. The highest BCUT2D eigenvalue weighted by molar-refractivity contribution is 8.08. The van der Waals surface area contributed by atoms with Crippen LogP contribution in [0.15, 0.2) is 0 Å². The van der Waals surface area contributed by atoms with E-state index in [0.29, 0.717) is 0 Å². The lowest BCUT2D eigenvalue weighted by atomic mass is 9.95. The van der Waals surface area contributed by atoms with E-state index in [1.807, 2.05) is 0 Å². The van der Waals surface area contributed by atoms with Crippen molar-refractivity contribution in [2.24, 2.45) is 0 Å². The summed E-state index contributed by atoms with van der Waals surface area (Å²) in [5, 5.41) is 9.82. The summed E-state index contributed by atoms with van der Waals surface area (Å²) < 4.78 is 37.4. The highest BCUT2D eigenvalue weighted by atomic mass is 35.5. The number of halogens is 2. The highest BCUT2D eigenvalue weighted by Crippen LogP contribution is 2.66. The fourth-order valence-corrected chi connectivity index (χ4v) is 5.87. The smallest absolute Gasteiger partial charge is 0.387 e. The molecule has 1 aliphatic heterocycles. The summed E-state index contributed by atoms with van der Waals surface area (Å²) in [5.74, 6) is 0. The van der Waals surface area contributed by atoms with Crippen LogP contribution in [0.1, 0.15) is 0 Å². The van der Waals surface area contributed by atoms with E-state index in [1.54, 1.807) is 0 Å². The lowest BCUT2D eigenvalue weighted by Crippen LogP contribution is -2.39. The van der Waals surface area contributed by atoms with Gasteiger partial charge in [0.25, 0.3) is 0 Å². The molecule has 0 aromatic rings. The number of hydrogen-bond acceptors (Lipinski definition) is 8. The predicted octanol–water partition coefficient (Wildman–Crippen LogP) is -0.661. The SMILES string of the molecule is B[C@@H]1O[C@H](COP(O)(=S)OP(=O)(O)OP(=O)(O)O)[C@@H](O)C1(Cl)Cl. The van der Waals surface area contributed by atoms with Gasteiger partial charge in [0.1, 0.15) is 20.1 Å². The van der Waals surface area contributed by atoms with Crippen molar-refractivity contribution in [1.29, 1.82) is 0 Å². The van der Waals surface area contributed by atoms with Crippen LogP contribution in [-0.4, -0.2) is 61.7 Å². The Balaban J connectivity index is 2.65. The average Bonchev–Trinajstić information content (AvgIpc) is 2.45. The number of aliphatic hydroxyl groups excluding tert-OH is 1. The van der Waals surface area contributed by atoms with Gasteiger partial charge in [0.05, 0.1) is 12.6 Å². The molecule has 0 bridgehead atoms. The van der Waals surface area contributed by atoms with Crippen molar-refractivity contribution in [2.75, 3.05) is 6.61 Å². The summed E-state index contributed by atoms with van der Waals surface area (Å²) >= 11 is 16.0. The van der Waals surface area contributed by atoms with Crippen LogP contribution in [-0.2, 0) is 38.8 Å². The number of rotatable bonds is 7. The van der Waals surface area contributed by atoms with Gasteiger partial charge in [0, 0.05) is 0 Å². The number of hydrogen-bond donors (Lipinski definition) is 5. The van der Waals surface area contributed by atoms with Crippen LogP contribution in [0.25, 0.3) is 0 Å². The van der Waals surface area contributed by atoms with Gasteiger partial charge in [-0.05, 0) is 11.8 Å². The van der Waals surface area contributed by atoms with Crippen molar-refractivity contribution in [3.8, 4) is 0 Å². The zero-order valence-corrected chi connectivity index (χ0v) is 16.1. The molecule has 0 aliphatic carbocycles. The first-order valence-electron chi connectivity index (χ1n) is 5.55. The zero-order valence-electron chi connectivity index (χ0n) is 11.1. The van der Waals surface area contributed by atoms with E-state index in [2.05, 4.69) is 25.0 Å². The monoisotopic (exact) mass is 454 g/mol. The topological polar surface area (TPSA) is 172 Å². The Labute approximate surface area is 146 Å². The number of alkyl halides is 2. The Morgan fingerprint density at radius 3 is 2.13 bits per heavy atom. The van der Waals surface area contributed by atoms with Crippen molar-refractivity contribution < 1.29 is 51.7 Å². The third-order valence-electron chi connectivity index (χ3n) is 2.49. The standard InChI is InChI=1S/C5H12BCl2O11P3S/c6-4-5(7,8)3(9)2(17-4)1-16-22(15,23)19-21(13,14)18-20(10,11)12/h2-4,9H,1,6H2,(H,13,14)(H,15,23)(H2,10,11,12)/t2-,3-,4-,22?/m1/s1. The number of aliphatic hydroxyl groups is 1. The van der Waals surface area contributed by atoms with Gasteiger partial charge in [-0.15, -0.1) is 0 Å². The summed E-state index contributed by atoms with van der Waals surface area (Å²) in [6, 6.07) is -0.797. The van der Waals surface area contributed by atoms with Gasteiger partial charge in [0.2, 0.25) is 0 Å². The molecule has 1 fully saturated rings. The lowest BCUT2D eigenvalue weighted by Gasteiger charge is -2.22. The van der Waals surface area contributed by atoms with Crippen LogP contribution in [0.2, 0.25) is 0 Å². The Hall–Kier alpha value is 1.39. The first-order chi connectivity index (χ1) is 10.1. The summed E-state index contributed by atoms with van der Waals surface area (Å²) in [6.07, 6.45) is -2.57. The maximum absolute atomic E-state index is 11.3. The Kier molecular flexibility index (Phi) is 7.37. The van der Waals surface area contributed by atoms with Crippen molar-refractivity contribution >= 4 is 65.2 Å². The second-order valence-corrected chi connectivity index (χ2v) is 11.6. The van der Waals surface area contributed by atoms with Crippen molar-refractivity contribution in [1.82, 2.24) is 0 Å². The quantitative estimate of drug-likeness (QED) is 0.187. The van der Waals surface area contributed by atoms with E-state index in [1.165, 1.54) is 7.85 Å². The second-order valence-electron chi connectivity index (χ2n) is 4.32. The van der Waals surface area contributed by atoms with E-state index in [9.17, 15) is 19.1 Å². The Morgan fingerprint density at radius 1 is 1.22 bits per heavy atom. The molecule has 0 aromatic heterocycles. The molecule has 1 aliphatic rings. The molecule has 0 saturated carbocycles. The first-order valence-corrected chi connectivity index (χ1v) is 11.9. The number of ether oxygens (including phenoxy) is 1. The van der Waals surface area contributed by atoms with Crippen LogP contribution in [0.4, 0.5) is 0 Å². The third kappa shape index (κ3) is 6.90. The van der Waals surface area contributed by atoms with Crippen molar-refractivity contribution in [2.45, 2.75) is 22.5 Å². The minimum atomic E-state index is -5.40. The molecule has 5 N–H and O–H groups in total. The molecule has 1 saturated heterocycles. The van der Waals surface area contributed by atoms with Gasteiger partial charge in [-0.2, -0.15) is 4.31 Å². The van der Waals surface area contributed by atoms with Crippen LogP contribution in [0.5, 0.6) is 0 Å². The van der Waals surface area contributed by atoms with Gasteiger partial charge >= 0.3 is 22.4 Å². The molecule has 23 heavy (non-hydrogen) atoms. The normalized spacial score (nSPS) is 33.1. The van der Waals surface area contributed by atoms with Crippen LogP contribution in [0, 0.1) is 0 Å². The van der Waals surface area contributed by atoms with Crippen molar-refractivity contribution in [3.05, 3.63) is 0 Å². The fourth-order valence-electron chi connectivity index (χ4n) is 1.52. The van der Waals surface area contributed by atoms with Crippen molar-refractivity contribution in [3.63, 3.8) is 0 Å². The summed E-state index contributed by atoms with van der Waals surface area (Å²) in [7, 11) is -9.32. The summed E-state index contributed by atoms with van der Waals surface area (Å²) in [6.45, 7) is -5.09. The van der Waals surface area contributed by atoms with E-state index >= 15 is 0 Å². The van der Waals surface area contributed by atoms with Crippen LogP contribution in [0.3, 0.4) is 0 Å². The van der Waals surface area contributed by atoms with Gasteiger partial charge in [-0.25, -0.2) is 13.4 Å². The molecule has 0 amide bonds. The maximum Gasteiger partial charge on any atom is 0.488 e. The Bertz CT molecular complexity index is 584. The average molecular weight is 455 g/mol. The zero-order chi connectivity index (χ0) is 18.3. The summed E-state index contributed by atoms with van der Waals surface area (Å²) in [4.78, 5) is 35.5. The minimum absolute atomic E-state index is 0.629. The third-order valence-corrected chi connectivity index (χ3v) is 8.27. The maximum atomic E-state index is 11.3. The highest BCUT2D eigenvalue weighted by Gasteiger charge is 2.52. The van der Waals surface area contributed by atoms with Gasteiger partial charge < -0.3 is 33.9 Å². The molecule has 0 radical (unpaired) electrons. The molecule has 5 atom stereocenters. The largest absolute Gasteiger partial charge is 0.488 e. The first kappa shape index (κ1) is 22.4. The second kappa shape index (κ2) is 7.56. The fraction of sp³-hybridized carbons (Fsp3) is 1.00. The lowest BCUT2D eigenvalue weighted by molar-refractivity contribution is -0.000415. The molecular weight excluding hydrogens is 443 g/mol. The van der Waals surface area contributed by atoms with E-state index < -0.39 is 51.5 Å². The predicted molar refractivity (Wildman–Crippen MR) is 84.1 cm³/mol. The minimum Gasteiger partial charge on any atom is -0.387 e. The molecule has 0 spiro atoms. The van der Waals surface area contributed by atoms with Gasteiger partial charge in [0.15, 0.2) is 4.33 Å². The molecule has 0 aromatic carbocycles. The van der Waals surface area contributed by atoms with Crippen LogP contribution < -0.4 is 0 Å². The molecule has 2 unspecified atom stereocenters. The van der Waals surface area contributed by atoms with Crippen LogP contribution >= 0.6 is 45.6 Å². The van der Waals surface area contributed by atoms with E-state index in [-0.39, 0.29) is 0 Å². The van der Waals surface area contributed by atoms with Gasteiger partial charge in [-0.3, -0.25) is 0 Å². The van der Waals surface area contributed by atoms with Gasteiger partial charge in [-0.1, -0.05) is 23.2 Å². The molecule has 1 rings (SSSR count). The molecule has 18 heteroatoms. The molecule has 11 nitrogen and oxygen atoms in total. The number of phosphoric acid groups is 2.